The van der Waals surface area contributed by atoms with E-state index in [1.54, 1.807) is 0 Å². The third kappa shape index (κ3) is 3.99. The smallest absolute Gasteiger partial charge is 0.0673 e. The molecule has 2 nitrogen and oxygen atoms in total. The standard InChI is InChI=1S/C49H38N2/c1-7-19-43-37(13-1)38-14-2-8-20-44(38)49(43,33-25-29-35(30-26-33)50-45-21-9-3-15-39(45)40-16-4-10-22-46(40)50)34-27-31-36(32-28-34)51-47-23-11-5-17-41(47)42-18-6-12-24-48(42)51/h1-17,19-27,29,31,35,42H,18,28,30,32H2. The van der Waals surface area contributed by atoms with Crippen LogP contribution in [0.25, 0.3) is 32.9 Å². The number of aromatic nitrogens is 1. The van der Waals surface area contributed by atoms with E-state index in [2.05, 4.69) is 179 Å². The van der Waals surface area contributed by atoms with Gasteiger partial charge >= 0.3 is 0 Å². The molecule has 0 amide bonds. The minimum absolute atomic E-state index is 0.246. The van der Waals surface area contributed by atoms with Crippen molar-refractivity contribution in [2.75, 3.05) is 4.90 Å². The zero-order valence-corrected chi connectivity index (χ0v) is 28.5. The molecule has 0 fully saturated rings. The lowest BCUT2D eigenvalue weighted by Gasteiger charge is -2.40. The van der Waals surface area contributed by atoms with E-state index in [0.717, 1.165) is 25.7 Å². The van der Waals surface area contributed by atoms with Crippen molar-refractivity contribution >= 4 is 27.5 Å². The summed E-state index contributed by atoms with van der Waals surface area (Å²) in [5.41, 5.74) is 16.3. The highest BCUT2D eigenvalue weighted by Gasteiger charge is 2.48. The third-order valence-corrected chi connectivity index (χ3v) is 12.3. The SMILES string of the molecule is C1=CCC2C(=C1)N(C1=CC=C(C3(C4=CCC(n5c6ccccc6c6ccccc65)C=C4)c4ccccc4-c4ccccc43)CC1)c1ccccc12. The Morgan fingerprint density at radius 1 is 0.608 bits per heavy atom. The number of nitrogens with zero attached hydrogens (tertiary/aromatic N) is 2. The summed E-state index contributed by atoms with van der Waals surface area (Å²) >= 11 is 0. The Morgan fingerprint density at radius 2 is 1.27 bits per heavy atom. The van der Waals surface area contributed by atoms with Gasteiger partial charge < -0.3 is 9.47 Å². The highest BCUT2D eigenvalue weighted by molar-refractivity contribution is 6.08. The van der Waals surface area contributed by atoms with Crippen LogP contribution < -0.4 is 4.90 Å². The minimum atomic E-state index is -0.337. The Kier molecular flexibility index (Phi) is 6.28. The van der Waals surface area contributed by atoms with Crippen LogP contribution in [0.15, 0.2) is 192 Å². The molecule has 4 aliphatic carbocycles. The molecule has 51 heavy (non-hydrogen) atoms. The molecule has 0 saturated carbocycles. The van der Waals surface area contributed by atoms with Gasteiger partial charge in [0.1, 0.15) is 0 Å². The Bertz CT molecular complexity index is 2520. The average Bonchev–Trinajstić information content (AvgIpc) is 3.83. The monoisotopic (exact) mass is 654 g/mol. The molecule has 2 atom stereocenters. The molecule has 0 saturated heterocycles. The fourth-order valence-electron chi connectivity index (χ4n) is 10.2. The van der Waals surface area contributed by atoms with E-state index >= 15 is 0 Å². The summed E-state index contributed by atoms with van der Waals surface area (Å²) in [6, 6.07) is 45.4. The van der Waals surface area contributed by atoms with E-state index in [1.807, 2.05) is 0 Å². The lowest BCUT2D eigenvalue weighted by molar-refractivity contribution is 0.618. The maximum atomic E-state index is 2.57. The molecule has 5 aliphatic rings. The quantitative estimate of drug-likeness (QED) is 0.184. The number of hydrogen-bond donors (Lipinski definition) is 0. The fraction of sp³-hybridized carbons (Fsp3) is 0.143. The molecular formula is C49H38N2. The molecule has 0 bridgehead atoms. The van der Waals surface area contributed by atoms with E-state index in [4.69, 9.17) is 0 Å². The van der Waals surface area contributed by atoms with E-state index in [9.17, 15) is 0 Å². The van der Waals surface area contributed by atoms with Gasteiger partial charge in [0.15, 0.2) is 0 Å². The predicted molar refractivity (Wildman–Crippen MR) is 212 cm³/mol. The van der Waals surface area contributed by atoms with Crippen molar-refractivity contribution in [3.63, 3.8) is 0 Å². The maximum Gasteiger partial charge on any atom is 0.0673 e. The number of para-hydroxylation sites is 3. The minimum Gasteiger partial charge on any atom is -0.333 e. The molecule has 5 aromatic carbocycles. The Morgan fingerprint density at radius 3 is 1.96 bits per heavy atom. The van der Waals surface area contributed by atoms with Crippen molar-refractivity contribution in [3.05, 3.63) is 209 Å². The van der Waals surface area contributed by atoms with Gasteiger partial charge in [-0.3, -0.25) is 0 Å². The summed E-state index contributed by atoms with van der Waals surface area (Å²) < 4.78 is 2.56. The zero-order chi connectivity index (χ0) is 33.5. The van der Waals surface area contributed by atoms with Crippen molar-refractivity contribution in [1.29, 1.82) is 0 Å². The average molecular weight is 655 g/mol. The molecule has 11 rings (SSSR count). The fourth-order valence-corrected chi connectivity index (χ4v) is 10.2. The third-order valence-electron chi connectivity index (χ3n) is 12.3. The molecule has 0 spiro atoms. The summed E-state index contributed by atoms with van der Waals surface area (Å²) in [5.74, 6) is 0.442. The molecule has 1 aromatic heterocycles. The largest absolute Gasteiger partial charge is 0.333 e. The van der Waals surface area contributed by atoms with Crippen LogP contribution in [0, 0.1) is 0 Å². The van der Waals surface area contributed by atoms with E-state index < -0.39 is 0 Å². The van der Waals surface area contributed by atoms with Gasteiger partial charge in [0.2, 0.25) is 0 Å². The second-order valence-corrected chi connectivity index (χ2v) is 14.6. The highest BCUT2D eigenvalue weighted by atomic mass is 15.2. The highest BCUT2D eigenvalue weighted by Crippen LogP contribution is 2.59. The maximum absolute atomic E-state index is 2.57. The van der Waals surface area contributed by atoms with Crippen molar-refractivity contribution in [3.8, 4) is 11.1 Å². The topological polar surface area (TPSA) is 8.17 Å². The van der Waals surface area contributed by atoms with Crippen LogP contribution in [0.3, 0.4) is 0 Å². The van der Waals surface area contributed by atoms with Gasteiger partial charge in [0.25, 0.3) is 0 Å². The number of allylic oxidation sites excluding steroid dienone is 12. The second-order valence-electron chi connectivity index (χ2n) is 14.6. The Labute approximate surface area is 299 Å². The second kappa shape index (κ2) is 11.1. The summed E-state index contributed by atoms with van der Waals surface area (Å²) in [4.78, 5) is 2.57. The number of hydrogen-bond acceptors (Lipinski definition) is 1. The molecule has 2 heterocycles. The van der Waals surface area contributed by atoms with E-state index in [-0.39, 0.29) is 11.5 Å². The van der Waals surface area contributed by atoms with Crippen molar-refractivity contribution in [2.45, 2.75) is 43.1 Å². The number of fused-ring (bicyclic) bond motifs is 9. The first-order valence-electron chi connectivity index (χ1n) is 18.5. The molecule has 244 valence electrons. The summed E-state index contributed by atoms with van der Waals surface area (Å²) in [6.45, 7) is 0. The zero-order valence-electron chi connectivity index (χ0n) is 28.5. The molecule has 6 aromatic rings. The normalized spacial score (nSPS) is 21.1. The van der Waals surface area contributed by atoms with Crippen LogP contribution in [0.1, 0.15) is 54.3 Å². The van der Waals surface area contributed by atoms with Crippen LogP contribution in [0.5, 0.6) is 0 Å². The van der Waals surface area contributed by atoms with Gasteiger partial charge in [0.05, 0.1) is 11.5 Å². The lowest BCUT2D eigenvalue weighted by Crippen LogP contribution is -2.32. The number of rotatable bonds is 4. The van der Waals surface area contributed by atoms with Crippen LogP contribution in [-0.4, -0.2) is 4.57 Å². The van der Waals surface area contributed by atoms with Crippen LogP contribution >= 0.6 is 0 Å². The molecule has 0 radical (unpaired) electrons. The number of benzene rings is 5. The van der Waals surface area contributed by atoms with Gasteiger partial charge in [-0.25, -0.2) is 0 Å². The predicted octanol–water partition coefficient (Wildman–Crippen LogP) is 12.2. The lowest BCUT2D eigenvalue weighted by atomic mass is 9.63. The Hall–Kier alpha value is -5.86. The van der Waals surface area contributed by atoms with Gasteiger partial charge in [0, 0.05) is 44.8 Å². The first-order valence-corrected chi connectivity index (χ1v) is 18.5. The molecule has 2 unspecified atom stereocenters. The van der Waals surface area contributed by atoms with Crippen LogP contribution in [-0.2, 0) is 5.41 Å². The summed E-state index contributed by atoms with van der Waals surface area (Å²) in [7, 11) is 0. The number of anilines is 1. The van der Waals surface area contributed by atoms with Gasteiger partial charge in [-0.15, -0.1) is 0 Å². The first-order chi connectivity index (χ1) is 25.3. The molecular weight excluding hydrogens is 617 g/mol. The first kappa shape index (κ1) is 28.9. The van der Waals surface area contributed by atoms with Crippen molar-refractivity contribution < 1.29 is 0 Å². The molecule has 2 heteroatoms. The van der Waals surface area contributed by atoms with Gasteiger partial charge in [-0.05, 0) is 89.4 Å². The van der Waals surface area contributed by atoms with E-state index in [1.165, 1.54) is 77.9 Å². The van der Waals surface area contributed by atoms with Gasteiger partial charge in [-0.2, -0.15) is 0 Å². The summed E-state index contributed by atoms with van der Waals surface area (Å²) in [5, 5.41) is 2.65. The van der Waals surface area contributed by atoms with Crippen molar-refractivity contribution in [2.24, 2.45) is 0 Å². The van der Waals surface area contributed by atoms with E-state index in [0.29, 0.717) is 5.92 Å². The summed E-state index contributed by atoms with van der Waals surface area (Å²) in [6.07, 6.45) is 23.4. The van der Waals surface area contributed by atoms with Crippen LogP contribution in [0.4, 0.5) is 5.69 Å². The van der Waals surface area contributed by atoms with Crippen LogP contribution in [0.2, 0.25) is 0 Å². The van der Waals surface area contributed by atoms with Gasteiger partial charge in [-0.1, -0.05) is 145 Å². The van der Waals surface area contributed by atoms with Crippen molar-refractivity contribution in [1.82, 2.24) is 4.57 Å². The molecule has 0 N–H and O–H groups in total. The molecule has 1 aliphatic heterocycles. The Balaban J connectivity index is 1.06.